The molecule has 1 rings (SSSR count). The summed E-state index contributed by atoms with van der Waals surface area (Å²) in [4.78, 5) is 4.27. The Morgan fingerprint density at radius 2 is 2.50 bits per heavy atom. The molecule has 1 unspecified atom stereocenters. The Bertz CT molecular complexity index is 232. The van der Waals surface area contributed by atoms with Gasteiger partial charge in [0.05, 0.1) is 5.69 Å². The lowest BCUT2D eigenvalue weighted by Gasteiger charge is -2.04. The largest absolute Gasteiger partial charge is 0.361 e. The summed E-state index contributed by atoms with van der Waals surface area (Å²) in [5.41, 5.74) is 6.68. The Morgan fingerprint density at radius 1 is 1.75 bits per heavy atom. The molecular weight excluding hydrogens is 170 g/mol. The average molecular weight is 185 g/mol. The highest BCUT2D eigenvalue weighted by atomic mass is 32.1. The number of aryl methyl sites for hydroxylation is 1. The molecule has 0 aliphatic heterocycles. The fourth-order valence-electron chi connectivity index (χ4n) is 0.842. The van der Waals surface area contributed by atoms with Crippen LogP contribution >= 0.6 is 11.3 Å². The third-order valence-corrected chi connectivity index (χ3v) is 2.41. The van der Waals surface area contributed by atoms with Gasteiger partial charge in [-0.05, 0) is 20.3 Å². The lowest BCUT2D eigenvalue weighted by molar-refractivity contribution is 0.690. The molecule has 0 saturated heterocycles. The first kappa shape index (κ1) is 9.48. The van der Waals surface area contributed by atoms with Crippen molar-refractivity contribution in [1.82, 2.24) is 4.98 Å². The molecule has 1 atom stereocenters. The Kier molecular flexibility index (Phi) is 3.49. The summed E-state index contributed by atoms with van der Waals surface area (Å²) in [6.07, 6.45) is 0.985. The molecule has 0 fully saturated rings. The second-order valence-electron chi connectivity index (χ2n) is 2.99. The summed E-state index contributed by atoms with van der Waals surface area (Å²) in [7, 11) is 0. The minimum Gasteiger partial charge on any atom is -0.361 e. The van der Waals surface area contributed by atoms with Gasteiger partial charge in [0.1, 0.15) is 0 Å². The summed E-state index contributed by atoms with van der Waals surface area (Å²) in [5.74, 6) is 0. The van der Waals surface area contributed by atoms with Crippen molar-refractivity contribution >= 4 is 16.5 Å². The van der Waals surface area contributed by atoms with Crippen LogP contribution in [0, 0.1) is 6.92 Å². The predicted octanol–water partition coefficient (Wildman–Crippen LogP) is 1.60. The van der Waals surface area contributed by atoms with Gasteiger partial charge in [-0.15, -0.1) is 11.3 Å². The molecule has 0 aliphatic carbocycles. The molecular formula is C8H15N3S. The zero-order chi connectivity index (χ0) is 8.97. The van der Waals surface area contributed by atoms with Crippen molar-refractivity contribution in [3.8, 4) is 0 Å². The normalized spacial score (nSPS) is 12.9. The molecule has 1 heterocycles. The van der Waals surface area contributed by atoms with Crippen LogP contribution in [-0.2, 0) is 0 Å². The molecule has 3 N–H and O–H groups in total. The van der Waals surface area contributed by atoms with E-state index < -0.39 is 0 Å². The van der Waals surface area contributed by atoms with E-state index in [9.17, 15) is 0 Å². The summed E-state index contributed by atoms with van der Waals surface area (Å²) < 4.78 is 0. The molecule has 4 heteroatoms. The molecule has 3 nitrogen and oxygen atoms in total. The van der Waals surface area contributed by atoms with Crippen LogP contribution in [0.5, 0.6) is 0 Å². The van der Waals surface area contributed by atoms with Gasteiger partial charge in [-0.2, -0.15) is 0 Å². The van der Waals surface area contributed by atoms with Crippen LogP contribution in [0.25, 0.3) is 0 Å². The van der Waals surface area contributed by atoms with E-state index >= 15 is 0 Å². The van der Waals surface area contributed by atoms with Crippen LogP contribution in [0.3, 0.4) is 0 Å². The van der Waals surface area contributed by atoms with Crippen molar-refractivity contribution in [1.29, 1.82) is 0 Å². The smallest absolute Gasteiger partial charge is 0.182 e. The van der Waals surface area contributed by atoms with Gasteiger partial charge in [0.25, 0.3) is 0 Å². The van der Waals surface area contributed by atoms with E-state index in [1.807, 2.05) is 19.2 Å². The number of aromatic nitrogens is 1. The number of thiazole rings is 1. The number of nitrogens with one attached hydrogen (secondary N) is 1. The standard InChI is InChI=1S/C8H15N3S/c1-6(9)3-4-10-8-11-7(2)5-12-8/h5-6H,3-4,9H2,1-2H3,(H,10,11). The highest BCUT2D eigenvalue weighted by molar-refractivity contribution is 7.13. The SMILES string of the molecule is Cc1csc(NCCC(C)N)n1. The first-order valence-corrected chi connectivity index (χ1v) is 4.98. The molecule has 1 aromatic heterocycles. The van der Waals surface area contributed by atoms with Crippen LogP contribution in [0.2, 0.25) is 0 Å². The van der Waals surface area contributed by atoms with Gasteiger partial charge >= 0.3 is 0 Å². The summed E-state index contributed by atoms with van der Waals surface area (Å²) >= 11 is 1.64. The van der Waals surface area contributed by atoms with Crippen LogP contribution in [0.1, 0.15) is 19.0 Å². The minimum atomic E-state index is 0.263. The van der Waals surface area contributed by atoms with Crippen LogP contribution in [0.4, 0.5) is 5.13 Å². The number of nitrogens with zero attached hydrogens (tertiary/aromatic N) is 1. The highest BCUT2D eigenvalue weighted by Gasteiger charge is 1.97. The number of rotatable bonds is 4. The number of hydrogen-bond acceptors (Lipinski definition) is 4. The van der Waals surface area contributed by atoms with Crippen LogP contribution < -0.4 is 11.1 Å². The maximum atomic E-state index is 5.60. The summed E-state index contributed by atoms with van der Waals surface area (Å²) in [5, 5.41) is 6.25. The Hall–Kier alpha value is -0.610. The number of anilines is 1. The van der Waals surface area contributed by atoms with Gasteiger partial charge < -0.3 is 11.1 Å². The lowest BCUT2D eigenvalue weighted by Crippen LogP contribution is -2.19. The Labute approximate surface area is 77.0 Å². The van der Waals surface area contributed by atoms with Gasteiger partial charge in [0, 0.05) is 18.0 Å². The van der Waals surface area contributed by atoms with Gasteiger partial charge in [-0.25, -0.2) is 4.98 Å². The molecule has 0 amide bonds. The van der Waals surface area contributed by atoms with Crippen molar-refractivity contribution in [2.45, 2.75) is 26.3 Å². The molecule has 1 aromatic rings. The zero-order valence-electron chi connectivity index (χ0n) is 7.50. The molecule has 0 aromatic carbocycles. The lowest BCUT2D eigenvalue weighted by atomic mass is 10.2. The van der Waals surface area contributed by atoms with E-state index in [1.54, 1.807) is 11.3 Å². The first-order chi connectivity index (χ1) is 5.68. The third-order valence-electron chi connectivity index (χ3n) is 1.49. The quantitative estimate of drug-likeness (QED) is 0.749. The van der Waals surface area contributed by atoms with E-state index in [-0.39, 0.29) is 6.04 Å². The minimum absolute atomic E-state index is 0.263. The van der Waals surface area contributed by atoms with Gasteiger partial charge in [0.2, 0.25) is 0 Å². The van der Waals surface area contributed by atoms with Crippen molar-refractivity contribution in [2.24, 2.45) is 5.73 Å². The van der Waals surface area contributed by atoms with E-state index in [1.165, 1.54) is 0 Å². The van der Waals surface area contributed by atoms with Gasteiger partial charge in [-0.1, -0.05) is 0 Å². The second-order valence-corrected chi connectivity index (χ2v) is 3.84. The second kappa shape index (κ2) is 4.42. The maximum absolute atomic E-state index is 5.60. The summed E-state index contributed by atoms with van der Waals surface area (Å²) in [6.45, 7) is 4.91. The molecule has 0 aliphatic rings. The number of nitrogens with two attached hydrogens (primary N) is 1. The number of hydrogen-bond donors (Lipinski definition) is 2. The molecule has 0 bridgehead atoms. The molecule has 0 saturated carbocycles. The third kappa shape index (κ3) is 3.19. The molecule has 68 valence electrons. The Balaban J connectivity index is 2.24. The maximum Gasteiger partial charge on any atom is 0.182 e. The molecule has 0 radical (unpaired) electrons. The van der Waals surface area contributed by atoms with Gasteiger partial charge in [0.15, 0.2) is 5.13 Å². The van der Waals surface area contributed by atoms with Gasteiger partial charge in [-0.3, -0.25) is 0 Å². The molecule has 12 heavy (non-hydrogen) atoms. The molecule has 0 spiro atoms. The van der Waals surface area contributed by atoms with Crippen molar-refractivity contribution in [2.75, 3.05) is 11.9 Å². The predicted molar refractivity (Wildman–Crippen MR) is 53.6 cm³/mol. The van der Waals surface area contributed by atoms with E-state index in [0.717, 1.165) is 23.8 Å². The fraction of sp³-hybridized carbons (Fsp3) is 0.625. The average Bonchev–Trinajstić information content (AvgIpc) is 2.35. The summed E-state index contributed by atoms with van der Waals surface area (Å²) in [6, 6.07) is 0.263. The van der Waals surface area contributed by atoms with Crippen LogP contribution in [-0.4, -0.2) is 17.6 Å². The Morgan fingerprint density at radius 3 is 3.00 bits per heavy atom. The van der Waals surface area contributed by atoms with Crippen molar-refractivity contribution in [3.63, 3.8) is 0 Å². The van der Waals surface area contributed by atoms with Crippen molar-refractivity contribution in [3.05, 3.63) is 11.1 Å². The van der Waals surface area contributed by atoms with E-state index in [4.69, 9.17) is 5.73 Å². The highest BCUT2D eigenvalue weighted by Crippen LogP contribution is 2.13. The first-order valence-electron chi connectivity index (χ1n) is 4.10. The van der Waals surface area contributed by atoms with Crippen LogP contribution in [0.15, 0.2) is 5.38 Å². The fourth-order valence-corrected chi connectivity index (χ4v) is 1.56. The van der Waals surface area contributed by atoms with E-state index in [0.29, 0.717) is 0 Å². The van der Waals surface area contributed by atoms with Crippen molar-refractivity contribution < 1.29 is 0 Å². The monoisotopic (exact) mass is 185 g/mol. The topological polar surface area (TPSA) is 50.9 Å². The van der Waals surface area contributed by atoms with E-state index in [2.05, 4.69) is 10.3 Å². The zero-order valence-corrected chi connectivity index (χ0v) is 8.32.